The lowest BCUT2D eigenvalue weighted by atomic mass is 10.1. The third kappa shape index (κ3) is 4.26. The first-order valence-corrected chi connectivity index (χ1v) is 7.17. The quantitative estimate of drug-likeness (QED) is 0.776. The summed E-state index contributed by atoms with van der Waals surface area (Å²) in [5.41, 5.74) is 1.21. The van der Waals surface area contributed by atoms with Crippen molar-refractivity contribution in [2.24, 2.45) is 0 Å². The molecule has 1 unspecified atom stereocenters. The van der Waals surface area contributed by atoms with Crippen LogP contribution in [0.15, 0.2) is 28.7 Å². The molecular weight excluding hydrogens is 310 g/mol. The molecule has 5 heteroatoms. The number of halogens is 1. The summed E-state index contributed by atoms with van der Waals surface area (Å²) >= 11 is 3.45. The van der Waals surface area contributed by atoms with Crippen molar-refractivity contribution in [3.63, 3.8) is 0 Å². The topological polar surface area (TPSA) is 30.9 Å². The second-order valence-electron chi connectivity index (χ2n) is 4.57. The molecule has 1 aliphatic rings. The number of nitrogens with zero attached hydrogens (tertiary/aromatic N) is 1. The van der Waals surface area contributed by atoms with Crippen LogP contribution in [0.5, 0.6) is 0 Å². The Morgan fingerprint density at radius 3 is 2.63 bits per heavy atom. The van der Waals surface area contributed by atoms with E-state index >= 15 is 0 Å². The lowest BCUT2D eigenvalue weighted by molar-refractivity contribution is -0.131. The van der Waals surface area contributed by atoms with Gasteiger partial charge in [0.2, 0.25) is 0 Å². The maximum atomic E-state index is 5.84. The van der Waals surface area contributed by atoms with E-state index in [1.165, 1.54) is 5.56 Å². The predicted octanol–water partition coefficient (Wildman–Crippen LogP) is 2.44. The van der Waals surface area contributed by atoms with Gasteiger partial charge < -0.3 is 14.2 Å². The second kappa shape index (κ2) is 7.36. The zero-order chi connectivity index (χ0) is 13.7. The van der Waals surface area contributed by atoms with Crippen LogP contribution in [0.3, 0.4) is 0 Å². The Morgan fingerprint density at radius 1 is 1.32 bits per heavy atom. The van der Waals surface area contributed by atoms with Crippen molar-refractivity contribution in [1.29, 1.82) is 0 Å². The van der Waals surface area contributed by atoms with E-state index in [0.717, 1.165) is 30.7 Å². The van der Waals surface area contributed by atoms with Crippen molar-refractivity contribution in [3.05, 3.63) is 34.3 Å². The summed E-state index contributed by atoms with van der Waals surface area (Å²) in [7, 11) is 3.33. The van der Waals surface area contributed by atoms with Crippen molar-refractivity contribution >= 4 is 15.9 Å². The van der Waals surface area contributed by atoms with E-state index in [-0.39, 0.29) is 12.4 Å². The summed E-state index contributed by atoms with van der Waals surface area (Å²) in [6, 6.07) is 8.29. The molecule has 0 bridgehead atoms. The predicted molar refractivity (Wildman–Crippen MR) is 77.1 cm³/mol. The van der Waals surface area contributed by atoms with Crippen LogP contribution in [-0.2, 0) is 14.2 Å². The van der Waals surface area contributed by atoms with Crippen LogP contribution in [0.2, 0.25) is 0 Å². The molecule has 1 aromatic rings. The standard InChI is InChI=1S/C14H20BrNO3/c1-17-14(18-2)10-16-7-8-19-13(9-16)11-3-5-12(15)6-4-11/h3-6,13-14H,7-10H2,1-2H3. The summed E-state index contributed by atoms with van der Waals surface area (Å²) in [6.07, 6.45) is -0.0557. The van der Waals surface area contributed by atoms with Crippen LogP contribution in [-0.4, -0.2) is 51.7 Å². The highest BCUT2D eigenvalue weighted by Gasteiger charge is 2.23. The fraction of sp³-hybridized carbons (Fsp3) is 0.571. The van der Waals surface area contributed by atoms with Gasteiger partial charge in [-0.1, -0.05) is 28.1 Å². The van der Waals surface area contributed by atoms with Gasteiger partial charge in [0.05, 0.1) is 12.7 Å². The highest BCUT2D eigenvalue weighted by molar-refractivity contribution is 9.10. The number of benzene rings is 1. The van der Waals surface area contributed by atoms with Crippen molar-refractivity contribution in [1.82, 2.24) is 4.90 Å². The lowest BCUT2D eigenvalue weighted by Crippen LogP contribution is -2.43. The van der Waals surface area contributed by atoms with E-state index in [1.807, 2.05) is 12.1 Å². The first-order valence-electron chi connectivity index (χ1n) is 6.38. The summed E-state index contributed by atoms with van der Waals surface area (Å²) < 4.78 is 17.4. The van der Waals surface area contributed by atoms with Crippen molar-refractivity contribution in [2.45, 2.75) is 12.4 Å². The van der Waals surface area contributed by atoms with Gasteiger partial charge in [-0.25, -0.2) is 0 Å². The molecule has 0 radical (unpaired) electrons. The smallest absolute Gasteiger partial charge is 0.169 e. The molecule has 0 aliphatic carbocycles. The molecule has 4 nitrogen and oxygen atoms in total. The fourth-order valence-electron chi connectivity index (χ4n) is 2.20. The highest BCUT2D eigenvalue weighted by atomic mass is 79.9. The zero-order valence-electron chi connectivity index (χ0n) is 11.3. The summed E-state index contributed by atoms with van der Waals surface area (Å²) in [5, 5.41) is 0. The van der Waals surface area contributed by atoms with Gasteiger partial charge in [-0.3, -0.25) is 4.90 Å². The van der Waals surface area contributed by atoms with E-state index in [0.29, 0.717) is 0 Å². The number of hydrogen-bond acceptors (Lipinski definition) is 4. The molecule has 1 aromatic carbocycles. The monoisotopic (exact) mass is 329 g/mol. The Bertz CT molecular complexity index is 381. The first-order chi connectivity index (χ1) is 9.22. The van der Waals surface area contributed by atoms with E-state index < -0.39 is 0 Å². The van der Waals surface area contributed by atoms with Crippen LogP contribution in [0, 0.1) is 0 Å². The second-order valence-corrected chi connectivity index (χ2v) is 5.49. The molecule has 106 valence electrons. The van der Waals surface area contributed by atoms with Gasteiger partial charge >= 0.3 is 0 Å². The average molecular weight is 330 g/mol. The number of hydrogen-bond donors (Lipinski definition) is 0. The van der Waals surface area contributed by atoms with Crippen LogP contribution < -0.4 is 0 Å². The van der Waals surface area contributed by atoms with E-state index in [9.17, 15) is 0 Å². The number of rotatable bonds is 5. The van der Waals surface area contributed by atoms with E-state index in [2.05, 4.69) is 33.0 Å². The molecule has 0 saturated carbocycles. The van der Waals surface area contributed by atoms with Gasteiger partial charge in [-0.15, -0.1) is 0 Å². The van der Waals surface area contributed by atoms with Crippen molar-refractivity contribution in [3.8, 4) is 0 Å². The zero-order valence-corrected chi connectivity index (χ0v) is 12.9. The molecule has 1 saturated heterocycles. The Morgan fingerprint density at radius 2 is 2.00 bits per heavy atom. The normalized spacial score (nSPS) is 20.9. The molecule has 1 aliphatic heterocycles. The number of morpholine rings is 1. The van der Waals surface area contributed by atoms with Gasteiger partial charge in [0.1, 0.15) is 0 Å². The van der Waals surface area contributed by atoms with Crippen LogP contribution in [0.25, 0.3) is 0 Å². The molecule has 1 fully saturated rings. The summed E-state index contributed by atoms with van der Waals surface area (Å²) in [4.78, 5) is 2.31. The average Bonchev–Trinajstić information content (AvgIpc) is 2.46. The largest absolute Gasteiger partial charge is 0.371 e. The number of methoxy groups -OCH3 is 2. The SMILES string of the molecule is COC(CN1CCOC(c2ccc(Br)cc2)C1)OC. The first kappa shape index (κ1) is 14.9. The Labute approximate surface area is 122 Å². The third-order valence-electron chi connectivity index (χ3n) is 3.33. The van der Waals surface area contributed by atoms with Crippen LogP contribution in [0.4, 0.5) is 0 Å². The van der Waals surface area contributed by atoms with Gasteiger partial charge in [0.15, 0.2) is 6.29 Å². The molecule has 0 spiro atoms. The summed E-state index contributed by atoms with van der Waals surface area (Å²) in [6.45, 7) is 3.28. The third-order valence-corrected chi connectivity index (χ3v) is 3.85. The lowest BCUT2D eigenvalue weighted by Gasteiger charge is -2.34. The van der Waals surface area contributed by atoms with Gasteiger partial charge in [-0.2, -0.15) is 0 Å². The van der Waals surface area contributed by atoms with Gasteiger partial charge in [-0.05, 0) is 17.7 Å². The van der Waals surface area contributed by atoms with Gasteiger partial charge in [0.25, 0.3) is 0 Å². The molecule has 0 aromatic heterocycles. The Balaban J connectivity index is 1.95. The number of ether oxygens (including phenoxy) is 3. The minimum atomic E-state index is -0.177. The molecule has 19 heavy (non-hydrogen) atoms. The maximum absolute atomic E-state index is 5.84. The van der Waals surface area contributed by atoms with E-state index in [1.54, 1.807) is 14.2 Å². The summed E-state index contributed by atoms with van der Waals surface area (Å²) in [5.74, 6) is 0. The minimum absolute atomic E-state index is 0.121. The molecule has 1 atom stereocenters. The van der Waals surface area contributed by atoms with E-state index in [4.69, 9.17) is 14.2 Å². The highest BCUT2D eigenvalue weighted by Crippen LogP contribution is 2.24. The molecule has 1 heterocycles. The van der Waals surface area contributed by atoms with Crippen LogP contribution in [0.1, 0.15) is 11.7 Å². The van der Waals surface area contributed by atoms with Crippen molar-refractivity contribution < 1.29 is 14.2 Å². The minimum Gasteiger partial charge on any atom is -0.371 e. The maximum Gasteiger partial charge on any atom is 0.169 e. The Hall–Kier alpha value is -0.460. The van der Waals surface area contributed by atoms with Gasteiger partial charge in [0, 0.05) is 38.3 Å². The van der Waals surface area contributed by atoms with Crippen LogP contribution >= 0.6 is 15.9 Å². The Kier molecular flexibility index (Phi) is 5.78. The molecule has 0 N–H and O–H groups in total. The fourth-order valence-corrected chi connectivity index (χ4v) is 2.47. The van der Waals surface area contributed by atoms with Crippen molar-refractivity contribution in [2.75, 3.05) is 40.5 Å². The molecule has 2 rings (SSSR count). The molecular formula is C14H20BrNO3. The molecule has 0 amide bonds.